The Morgan fingerprint density at radius 2 is 0.507 bits per heavy atom. The fraction of sp³-hybridized carbons (Fsp3) is 0.590. The van der Waals surface area contributed by atoms with E-state index in [0.29, 0.717) is 22.5 Å². The molecule has 20 heteroatoms. The second-order valence-electron chi connectivity index (χ2n) is 39.9. The van der Waals surface area contributed by atoms with Gasteiger partial charge in [0.05, 0.1) is 67.4 Å². The standard InChI is InChI=1S/C74H96N4S6.C48H68Br2N4S3.Pa/c1-5-8-11-14-17-19-21-23-25-27-29-31-33-37-44-57-53-66(82-74(57)65-52-51-63(81-65)62-50-49-61(80-62)56-42-39-36-40-43-56)68-60(55-75)70(76-4)69(72-71(68)77-84-78-72)67-54-58(45-38-34-32-30-28-26-24-22-20-18-15-12-9-6-2)73(83-67)64-48-47-59(79-64)46-41-35-16-13-10-7-3;1-4-6-8-10-12-14-16-18-20-22-24-26-28-30-32-37-34-40(55-47(37)49)42-39(36-51)44(52-3)43(46-45(42)53-57-54-46)41-35-38(48(50)56-41)33-31-29-27-25-23-21-19-17-15-13-11-9-7-5-2;/h36,39-40,42-43,47-54H,5-35,37-38,41,44-46H2,1-3H3;34-35H,4-33H2,1-2H3;. The molecule has 0 amide bonds. The van der Waals surface area contributed by atoms with Gasteiger partial charge in [-0.1, -0.05) is 431 Å². The molecule has 0 atom stereocenters. The Morgan fingerprint density at radius 1 is 0.261 bits per heavy atom. The van der Waals surface area contributed by atoms with Gasteiger partial charge in [0.25, 0.3) is 0 Å². The molecular formula is C122H164Br2N8PaS9. The second-order valence-corrected chi connectivity index (χ2v) is 51.2. The molecule has 0 aliphatic heterocycles. The van der Waals surface area contributed by atoms with Gasteiger partial charge >= 0.3 is 0 Å². The second kappa shape index (κ2) is 71.1. The van der Waals surface area contributed by atoms with E-state index in [4.69, 9.17) is 30.6 Å². The number of halogens is 2. The molecule has 3 aromatic carbocycles. The van der Waals surface area contributed by atoms with Crippen LogP contribution in [0, 0.1) is 68.1 Å². The van der Waals surface area contributed by atoms with Crippen LogP contribution in [0.5, 0.6) is 0 Å². The molecule has 0 saturated carbocycles. The van der Waals surface area contributed by atoms with E-state index in [0.717, 1.165) is 129 Å². The first-order valence-corrected chi connectivity index (χ1v) is 64.7. The number of rotatable bonds is 75. The smallest absolute Gasteiger partial charge is 0.216 e. The topological polar surface area (TPSA) is 108 Å². The summed E-state index contributed by atoms with van der Waals surface area (Å²) < 4.78 is 21.8. The summed E-state index contributed by atoms with van der Waals surface area (Å²) in [6, 6.07) is 38.7. The summed E-state index contributed by atoms with van der Waals surface area (Å²) in [7, 11) is 0. The molecule has 0 fully saturated rings. The van der Waals surface area contributed by atoms with Gasteiger partial charge in [-0.05, 0) is 185 Å². The molecule has 142 heavy (non-hydrogen) atoms. The van der Waals surface area contributed by atoms with Crippen molar-refractivity contribution in [2.45, 2.75) is 465 Å². The SMILES string of the molecule is [C-]#[N+]c1c(C#N)c(-c2cc(CCCCCCCCCCCCCCCC)c(-c3ccc(-c4ccc(-c5ccccc5)s4)s3)s2)c2nsnc2c1-c1cc(CCCCCCCCCCCCCCCC)c(-c2ccc(CCCCCCCC)s2)s1.[C-]#[N+]c1c(C#N)c(-c2cc(CCCCCCCCCCCCCCCC)c(Br)s2)c2nsnc2c1-c1cc(CCCCCCCCCCCCCCCC)c(Br)s1.[Pa]. The van der Waals surface area contributed by atoms with Crippen molar-refractivity contribution in [3.05, 3.63) is 160 Å². The molecule has 8 nitrogen and oxygen atoms in total. The van der Waals surface area contributed by atoms with Gasteiger partial charge in [0.1, 0.15) is 22.1 Å². The Morgan fingerprint density at radius 3 is 0.831 bits per heavy atom. The Balaban J connectivity index is 0.000000312. The summed E-state index contributed by atoms with van der Waals surface area (Å²) in [5.74, 6) is 0. The van der Waals surface area contributed by atoms with Crippen LogP contribution < -0.4 is 0 Å². The predicted molar refractivity (Wildman–Crippen MR) is 634 cm³/mol. The van der Waals surface area contributed by atoms with E-state index in [2.05, 4.69) is 179 Å². The molecule has 9 aromatic heterocycles. The Kier molecular flexibility index (Phi) is 59.6. The van der Waals surface area contributed by atoms with E-state index in [1.54, 1.807) is 45.3 Å². The number of benzene rings is 3. The summed E-state index contributed by atoms with van der Waals surface area (Å²) in [5.41, 5.74) is 14.2. The first-order valence-electron chi connectivity index (χ1n) is 56.0. The van der Waals surface area contributed by atoms with Crippen LogP contribution in [-0.4, -0.2) is 17.5 Å². The van der Waals surface area contributed by atoms with Gasteiger partial charge in [0.15, 0.2) is 0 Å². The number of nitrogens with zero attached hydrogens (tertiary/aromatic N) is 8. The summed E-state index contributed by atoms with van der Waals surface area (Å²) in [5, 5.41) is 21.9. The van der Waals surface area contributed by atoms with Crippen molar-refractivity contribution in [1.29, 1.82) is 10.5 Å². The molecule has 0 bridgehead atoms. The van der Waals surface area contributed by atoms with Crippen LogP contribution in [0.25, 0.3) is 113 Å². The monoisotopic (exact) mass is 2420 g/mol. The van der Waals surface area contributed by atoms with Gasteiger partial charge in [-0.25, -0.2) is 9.69 Å². The number of unbranched alkanes of at least 4 members (excludes halogenated alkanes) is 57. The molecule has 0 unspecified atom stereocenters. The molecule has 0 saturated heterocycles. The van der Waals surface area contributed by atoms with Crippen LogP contribution in [0.2, 0.25) is 0 Å². The van der Waals surface area contributed by atoms with E-state index in [1.165, 1.54) is 463 Å². The number of hydrogen-bond donors (Lipinski definition) is 0. The molecule has 9 heterocycles. The predicted octanol–water partition coefficient (Wildman–Crippen LogP) is 46.5. The largest absolute Gasteiger partial charge is 0.236 e. The number of aryl methyl sites for hydroxylation is 5. The number of thiophene rings is 7. The third-order valence-electron chi connectivity index (χ3n) is 28.5. The maximum Gasteiger partial charge on any atom is 0.216 e. The van der Waals surface area contributed by atoms with Gasteiger partial charge in [-0.3, -0.25) is 0 Å². The minimum absolute atomic E-state index is 0. The van der Waals surface area contributed by atoms with Crippen LogP contribution in [0.3, 0.4) is 0 Å². The Labute approximate surface area is 936 Å². The summed E-state index contributed by atoms with van der Waals surface area (Å²) >= 11 is 22.6. The summed E-state index contributed by atoms with van der Waals surface area (Å²) in [6.07, 6.45) is 88.5. The number of hydrogen-bond acceptors (Lipinski definition) is 15. The zero-order valence-electron chi connectivity index (χ0n) is 87.1. The van der Waals surface area contributed by atoms with Crippen molar-refractivity contribution >= 4 is 168 Å². The molecule has 0 aliphatic carbocycles. The van der Waals surface area contributed by atoms with E-state index in [9.17, 15) is 10.5 Å². The fourth-order valence-electron chi connectivity index (χ4n) is 20.2. The van der Waals surface area contributed by atoms with Crippen molar-refractivity contribution in [1.82, 2.24) is 17.5 Å². The average molecular weight is 2420 g/mol. The van der Waals surface area contributed by atoms with E-state index in [-0.39, 0.29) is 32.3 Å². The fourth-order valence-corrected chi connectivity index (χ4v) is 31.0. The third kappa shape index (κ3) is 38.9. The first-order chi connectivity index (χ1) is 69.6. The van der Waals surface area contributed by atoms with Crippen LogP contribution in [0.1, 0.15) is 471 Å². The van der Waals surface area contributed by atoms with Crippen LogP contribution in [0.15, 0.2) is 98.6 Å². The van der Waals surface area contributed by atoms with Crippen molar-refractivity contribution in [3.8, 4) is 93.6 Å². The minimum atomic E-state index is 0. The van der Waals surface area contributed by atoms with Crippen molar-refractivity contribution in [3.63, 3.8) is 0 Å². The quantitative estimate of drug-likeness (QED) is 0.0278. The molecule has 12 aromatic rings. The average Bonchev–Trinajstić information content (AvgIpc) is 1.55. The zero-order valence-corrected chi connectivity index (χ0v) is 102. The maximum atomic E-state index is 11.4. The number of aromatic nitrogens is 4. The molecule has 1 radical (unpaired) electrons. The number of nitriles is 2. The molecule has 0 spiro atoms. The molecule has 0 N–H and O–H groups in total. The Bertz CT molecular complexity index is 5570. The third-order valence-corrected chi connectivity index (χ3v) is 39.9. The molecule has 763 valence electrons. The van der Waals surface area contributed by atoms with E-state index < -0.39 is 0 Å². The summed E-state index contributed by atoms with van der Waals surface area (Å²) in [4.78, 5) is 22.8. The van der Waals surface area contributed by atoms with Gasteiger partial charge in [0.2, 0.25) is 11.4 Å². The summed E-state index contributed by atoms with van der Waals surface area (Å²) in [6.45, 7) is 28.6. The van der Waals surface area contributed by atoms with Gasteiger partial charge in [0, 0.05) is 113 Å². The van der Waals surface area contributed by atoms with Gasteiger partial charge in [-0.15, -0.1) is 79.4 Å². The Hall–Kier alpha value is -4.79. The van der Waals surface area contributed by atoms with Gasteiger partial charge < -0.3 is 0 Å². The van der Waals surface area contributed by atoms with Crippen LogP contribution >= 0.6 is 135 Å². The van der Waals surface area contributed by atoms with Crippen molar-refractivity contribution < 1.29 is 32.3 Å². The molecular weight excluding hydrogens is 2260 g/mol. The first kappa shape index (κ1) is 119. The van der Waals surface area contributed by atoms with Gasteiger partial charge in [-0.2, -0.15) is 28.0 Å². The van der Waals surface area contributed by atoms with Crippen molar-refractivity contribution in [2.75, 3.05) is 0 Å². The van der Waals surface area contributed by atoms with E-state index in [1.807, 2.05) is 34.0 Å². The zero-order chi connectivity index (χ0) is 98.9. The molecule has 0 aliphatic rings. The van der Waals surface area contributed by atoms with Crippen LogP contribution in [0.4, 0.5) is 11.4 Å². The van der Waals surface area contributed by atoms with Crippen LogP contribution in [-0.2, 0) is 32.1 Å². The van der Waals surface area contributed by atoms with E-state index >= 15 is 0 Å². The van der Waals surface area contributed by atoms with Crippen molar-refractivity contribution in [2.24, 2.45) is 0 Å². The maximum absolute atomic E-state index is 11.4. The normalized spacial score (nSPS) is 11.5. The minimum Gasteiger partial charge on any atom is -0.236 e. The number of fused-ring (bicyclic) bond motifs is 2. The molecule has 12 rings (SSSR count).